The van der Waals surface area contributed by atoms with Gasteiger partial charge in [-0.25, -0.2) is 0 Å². The van der Waals surface area contributed by atoms with Crippen molar-refractivity contribution < 1.29 is 4.79 Å². The number of carbonyl (C=O) groups excluding carboxylic acids is 1. The third-order valence-corrected chi connectivity index (χ3v) is 4.48. The van der Waals surface area contributed by atoms with Gasteiger partial charge in [0, 0.05) is 11.4 Å². The average Bonchev–Trinajstić information content (AvgIpc) is 2.95. The second-order valence-electron chi connectivity index (χ2n) is 4.81. The summed E-state index contributed by atoms with van der Waals surface area (Å²) in [6.07, 6.45) is 3.95. The maximum Gasteiger partial charge on any atom is 0.228 e. The first-order valence-electron chi connectivity index (χ1n) is 6.26. The Morgan fingerprint density at radius 1 is 1.65 bits per heavy atom. The second kappa shape index (κ2) is 5.19. The van der Waals surface area contributed by atoms with Gasteiger partial charge in [-0.1, -0.05) is 19.4 Å². The molecule has 3 nitrogen and oxygen atoms in total. The molecule has 1 heterocycles. The van der Waals surface area contributed by atoms with E-state index < -0.39 is 0 Å². The molecule has 2 rings (SSSR count). The van der Waals surface area contributed by atoms with Gasteiger partial charge >= 0.3 is 0 Å². The molecule has 0 bridgehead atoms. The molecule has 0 saturated heterocycles. The van der Waals surface area contributed by atoms with Crippen molar-refractivity contribution in [2.45, 2.75) is 38.6 Å². The monoisotopic (exact) mass is 252 g/mol. The van der Waals surface area contributed by atoms with Crippen molar-refractivity contribution in [1.82, 2.24) is 5.32 Å². The van der Waals surface area contributed by atoms with E-state index >= 15 is 0 Å². The number of hydrogen-bond acceptors (Lipinski definition) is 3. The first-order chi connectivity index (χ1) is 8.22. The number of amides is 1. The van der Waals surface area contributed by atoms with Gasteiger partial charge in [-0.05, 0) is 30.7 Å². The number of thiophene rings is 1. The quantitative estimate of drug-likeness (QED) is 0.817. The fourth-order valence-corrected chi connectivity index (χ4v) is 2.86. The van der Waals surface area contributed by atoms with Gasteiger partial charge in [-0.2, -0.15) is 0 Å². The van der Waals surface area contributed by atoms with Crippen LogP contribution >= 0.6 is 11.3 Å². The zero-order valence-electron chi connectivity index (χ0n) is 10.2. The van der Waals surface area contributed by atoms with Gasteiger partial charge in [0.1, 0.15) is 0 Å². The molecule has 0 radical (unpaired) electrons. The number of nitrogens with two attached hydrogens (primary N) is 1. The largest absolute Gasteiger partial charge is 0.348 e. The fraction of sp³-hybridized carbons (Fsp3) is 0.615. The van der Waals surface area contributed by atoms with E-state index in [-0.39, 0.29) is 17.4 Å². The van der Waals surface area contributed by atoms with Crippen LogP contribution in [0.25, 0.3) is 0 Å². The molecule has 94 valence electrons. The Hall–Kier alpha value is -0.870. The van der Waals surface area contributed by atoms with Gasteiger partial charge in [0.15, 0.2) is 0 Å². The molecular formula is C13H20N2OS. The van der Waals surface area contributed by atoms with Crippen molar-refractivity contribution in [3.05, 3.63) is 22.4 Å². The van der Waals surface area contributed by atoms with Crippen LogP contribution in [0.1, 0.15) is 43.5 Å². The highest BCUT2D eigenvalue weighted by Gasteiger charge is 2.48. The van der Waals surface area contributed by atoms with Gasteiger partial charge in [-0.15, -0.1) is 11.3 Å². The molecule has 1 aliphatic rings. The van der Waals surface area contributed by atoms with Gasteiger partial charge < -0.3 is 11.1 Å². The molecule has 0 spiro atoms. The molecule has 0 aliphatic heterocycles. The lowest BCUT2D eigenvalue weighted by Crippen LogP contribution is -2.38. The summed E-state index contributed by atoms with van der Waals surface area (Å²) in [4.78, 5) is 13.4. The maximum atomic E-state index is 12.2. The van der Waals surface area contributed by atoms with Crippen LogP contribution in [-0.2, 0) is 4.79 Å². The van der Waals surface area contributed by atoms with E-state index in [1.165, 1.54) is 4.88 Å². The van der Waals surface area contributed by atoms with Gasteiger partial charge in [-0.3, -0.25) is 4.79 Å². The second-order valence-corrected chi connectivity index (χ2v) is 5.79. The van der Waals surface area contributed by atoms with Crippen LogP contribution in [0.4, 0.5) is 0 Å². The van der Waals surface area contributed by atoms with Crippen molar-refractivity contribution in [1.29, 1.82) is 0 Å². The summed E-state index contributed by atoms with van der Waals surface area (Å²) in [6, 6.07) is 4.29. The van der Waals surface area contributed by atoms with Crippen LogP contribution < -0.4 is 11.1 Å². The van der Waals surface area contributed by atoms with E-state index in [9.17, 15) is 4.79 Å². The summed E-state index contributed by atoms with van der Waals surface area (Å²) in [5.74, 6) is 0.145. The van der Waals surface area contributed by atoms with Crippen molar-refractivity contribution in [2.75, 3.05) is 6.54 Å². The predicted molar refractivity (Wildman–Crippen MR) is 70.8 cm³/mol. The highest BCUT2D eigenvalue weighted by atomic mass is 32.1. The lowest BCUT2D eigenvalue weighted by atomic mass is 10.0. The predicted octanol–water partition coefficient (Wildman–Crippen LogP) is 2.44. The van der Waals surface area contributed by atoms with Crippen molar-refractivity contribution in [2.24, 2.45) is 11.1 Å². The lowest BCUT2D eigenvalue weighted by Gasteiger charge is -2.20. The molecular weight excluding hydrogens is 232 g/mol. The molecule has 1 aliphatic carbocycles. The summed E-state index contributed by atoms with van der Waals surface area (Å²) in [5.41, 5.74) is 5.43. The van der Waals surface area contributed by atoms with E-state index in [0.29, 0.717) is 6.54 Å². The SMILES string of the molecule is CCCC(NC(=O)C1(CN)CC1)c1cccs1. The van der Waals surface area contributed by atoms with Gasteiger partial charge in [0.25, 0.3) is 0 Å². The number of nitrogens with one attached hydrogen (secondary N) is 1. The molecule has 1 atom stereocenters. The van der Waals surface area contributed by atoms with Gasteiger partial charge in [0.2, 0.25) is 5.91 Å². The maximum absolute atomic E-state index is 12.2. The van der Waals surface area contributed by atoms with Crippen LogP contribution in [0, 0.1) is 5.41 Å². The molecule has 1 aromatic rings. The van der Waals surface area contributed by atoms with E-state index in [2.05, 4.69) is 23.7 Å². The Bertz CT molecular complexity index is 371. The molecule has 1 aromatic heterocycles. The highest BCUT2D eigenvalue weighted by Crippen LogP contribution is 2.45. The molecule has 4 heteroatoms. The smallest absolute Gasteiger partial charge is 0.228 e. The number of hydrogen-bond donors (Lipinski definition) is 2. The minimum atomic E-state index is -0.247. The van der Waals surface area contributed by atoms with E-state index in [1.807, 2.05) is 6.07 Å². The number of rotatable bonds is 6. The lowest BCUT2D eigenvalue weighted by molar-refractivity contribution is -0.126. The molecule has 17 heavy (non-hydrogen) atoms. The third kappa shape index (κ3) is 2.69. The minimum absolute atomic E-state index is 0.145. The molecule has 1 unspecified atom stereocenters. The Labute approximate surface area is 106 Å². The van der Waals surface area contributed by atoms with Crippen LogP contribution in [0.15, 0.2) is 17.5 Å². The minimum Gasteiger partial charge on any atom is -0.348 e. The fourth-order valence-electron chi connectivity index (χ4n) is 2.05. The molecule has 1 amide bonds. The number of carbonyl (C=O) groups is 1. The van der Waals surface area contributed by atoms with Crippen molar-refractivity contribution in [3.8, 4) is 0 Å². The van der Waals surface area contributed by atoms with Crippen LogP contribution in [0.5, 0.6) is 0 Å². The first-order valence-corrected chi connectivity index (χ1v) is 7.14. The standard InChI is InChI=1S/C13H20N2OS/c1-2-4-10(11-5-3-8-17-11)15-12(16)13(9-14)6-7-13/h3,5,8,10H,2,4,6-7,9,14H2,1H3,(H,15,16). The van der Waals surface area contributed by atoms with E-state index in [1.54, 1.807) is 11.3 Å². The summed E-state index contributed by atoms with van der Waals surface area (Å²) in [6.45, 7) is 2.62. The summed E-state index contributed by atoms with van der Waals surface area (Å²) in [7, 11) is 0. The van der Waals surface area contributed by atoms with Crippen molar-refractivity contribution in [3.63, 3.8) is 0 Å². The average molecular weight is 252 g/mol. The zero-order valence-corrected chi connectivity index (χ0v) is 11.1. The molecule has 1 fully saturated rings. The van der Waals surface area contributed by atoms with Gasteiger partial charge in [0.05, 0.1) is 11.5 Å². The molecule has 1 saturated carbocycles. The molecule has 0 aromatic carbocycles. The summed E-state index contributed by atoms with van der Waals surface area (Å²) in [5, 5.41) is 5.22. The van der Waals surface area contributed by atoms with Crippen LogP contribution in [0.3, 0.4) is 0 Å². The van der Waals surface area contributed by atoms with Crippen LogP contribution in [-0.4, -0.2) is 12.5 Å². The Balaban J connectivity index is 2.01. The van der Waals surface area contributed by atoms with E-state index in [4.69, 9.17) is 5.73 Å². The topological polar surface area (TPSA) is 55.1 Å². The summed E-state index contributed by atoms with van der Waals surface area (Å²) < 4.78 is 0. The normalized spacial score (nSPS) is 18.7. The van der Waals surface area contributed by atoms with Crippen LogP contribution in [0.2, 0.25) is 0 Å². The van der Waals surface area contributed by atoms with Crippen molar-refractivity contribution >= 4 is 17.2 Å². The third-order valence-electron chi connectivity index (χ3n) is 3.50. The zero-order chi connectivity index (χ0) is 12.3. The summed E-state index contributed by atoms with van der Waals surface area (Å²) >= 11 is 1.71. The Kier molecular flexibility index (Phi) is 3.84. The highest BCUT2D eigenvalue weighted by molar-refractivity contribution is 7.10. The Morgan fingerprint density at radius 3 is 2.88 bits per heavy atom. The molecule has 3 N–H and O–H groups in total. The Morgan fingerprint density at radius 2 is 2.41 bits per heavy atom. The first kappa shape index (κ1) is 12.6. The van der Waals surface area contributed by atoms with E-state index in [0.717, 1.165) is 25.7 Å².